The van der Waals surface area contributed by atoms with Crippen molar-refractivity contribution in [1.29, 1.82) is 5.26 Å². The third-order valence-electron chi connectivity index (χ3n) is 2.83. The van der Waals surface area contributed by atoms with Gasteiger partial charge in [0.25, 0.3) is 0 Å². The van der Waals surface area contributed by atoms with Gasteiger partial charge in [-0.15, -0.1) is 0 Å². The van der Waals surface area contributed by atoms with Crippen LogP contribution in [0.4, 0.5) is 5.69 Å². The Morgan fingerprint density at radius 1 is 1.71 bits per heavy atom. The zero-order chi connectivity index (χ0) is 12.3. The van der Waals surface area contributed by atoms with Crippen LogP contribution in [0.5, 0.6) is 0 Å². The molecular formula is C12H14N4O. The third-order valence-corrected chi connectivity index (χ3v) is 2.83. The lowest BCUT2D eigenvalue weighted by molar-refractivity contribution is -0.119. The molecule has 1 amide bonds. The van der Waals surface area contributed by atoms with Crippen molar-refractivity contribution < 1.29 is 4.79 Å². The lowest BCUT2D eigenvalue weighted by Gasteiger charge is -2.19. The summed E-state index contributed by atoms with van der Waals surface area (Å²) >= 11 is 0. The molecule has 17 heavy (non-hydrogen) atoms. The molecule has 1 aliphatic heterocycles. The number of nitriles is 1. The Hall–Kier alpha value is -2.09. The molecule has 1 aliphatic rings. The first-order chi connectivity index (χ1) is 8.20. The van der Waals surface area contributed by atoms with Crippen molar-refractivity contribution in [2.75, 3.05) is 18.0 Å². The van der Waals surface area contributed by atoms with Crippen LogP contribution in [0, 0.1) is 11.3 Å². The molecule has 0 aliphatic carbocycles. The van der Waals surface area contributed by atoms with Gasteiger partial charge in [0.05, 0.1) is 5.69 Å². The lowest BCUT2D eigenvalue weighted by Crippen LogP contribution is -2.35. The zero-order valence-electron chi connectivity index (χ0n) is 9.68. The Labute approximate surface area is 100 Å². The average Bonchev–Trinajstić information content (AvgIpc) is 2.76. The van der Waals surface area contributed by atoms with E-state index in [0.29, 0.717) is 5.69 Å². The second kappa shape index (κ2) is 4.83. The number of anilines is 1. The van der Waals surface area contributed by atoms with Gasteiger partial charge in [-0.05, 0) is 18.6 Å². The van der Waals surface area contributed by atoms with Crippen molar-refractivity contribution in [3.8, 4) is 6.07 Å². The summed E-state index contributed by atoms with van der Waals surface area (Å²) in [4.78, 5) is 17.1. The first-order valence-electron chi connectivity index (χ1n) is 5.58. The summed E-state index contributed by atoms with van der Waals surface area (Å²) in [5.41, 5.74) is 1.29. The molecule has 0 radical (unpaired) electrons. The lowest BCUT2D eigenvalue weighted by atomic mass is 10.2. The maximum atomic E-state index is 11.0. The second-order valence-corrected chi connectivity index (χ2v) is 4.12. The van der Waals surface area contributed by atoms with Crippen LogP contribution in [-0.2, 0) is 4.79 Å². The molecule has 2 heterocycles. The van der Waals surface area contributed by atoms with E-state index in [1.807, 2.05) is 12.1 Å². The van der Waals surface area contributed by atoms with Gasteiger partial charge in [0.2, 0.25) is 5.91 Å². The number of hydrogen-bond donors (Lipinski definition) is 1. The number of rotatable bonds is 2. The molecule has 1 aromatic heterocycles. The smallest absolute Gasteiger partial charge is 0.217 e. The van der Waals surface area contributed by atoms with E-state index in [2.05, 4.69) is 21.3 Å². The summed E-state index contributed by atoms with van der Waals surface area (Å²) in [7, 11) is 0. The number of nitrogens with one attached hydrogen (secondary N) is 1. The molecule has 2 rings (SSSR count). The summed E-state index contributed by atoms with van der Waals surface area (Å²) in [5.74, 6) is -0.0106. The Kier molecular flexibility index (Phi) is 3.24. The van der Waals surface area contributed by atoms with Crippen LogP contribution >= 0.6 is 0 Å². The predicted octanol–water partition coefficient (Wildman–Crippen LogP) is 0.668. The molecule has 5 heteroatoms. The van der Waals surface area contributed by atoms with Crippen molar-refractivity contribution >= 4 is 11.6 Å². The maximum Gasteiger partial charge on any atom is 0.217 e. The van der Waals surface area contributed by atoms with Crippen molar-refractivity contribution in [2.24, 2.45) is 0 Å². The standard InChI is InChI=1S/C12H14N4O/c1-9(17)15-10-4-6-16(8-10)12-3-2-5-14-11(12)7-13/h2-3,5,10H,4,6,8H2,1H3,(H,15,17). The number of carbonyl (C=O) groups excluding carboxylic acids is 1. The first kappa shape index (κ1) is 11.4. The molecule has 0 aromatic carbocycles. The molecule has 1 unspecified atom stereocenters. The molecule has 0 spiro atoms. The fourth-order valence-corrected chi connectivity index (χ4v) is 2.12. The maximum absolute atomic E-state index is 11.0. The van der Waals surface area contributed by atoms with Gasteiger partial charge in [-0.2, -0.15) is 5.26 Å². The van der Waals surface area contributed by atoms with Crippen LogP contribution in [0.25, 0.3) is 0 Å². The predicted molar refractivity (Wildman–Crippen MR) is 63.4 cm³/mol. The summed E-state index contributed by atoms with van der Waals surface area (Å²) in [6.45, 7) is 3.10. The highest BCUT2D eigenvalue weighted by atomic mass is 16.1. The number of aromatic nitrogens is 1. The van der Waals surface area contributed by atoms with E-state index in [0.717, 1.165) is 25.2 Å². The number of hydrogen-bond acceptors (Lipinski definition) is 4. The fraction of sp³-hybridized carbons (Fsp3) is 0.417. The van der Waals surface area contributed by atoms with Gasteiger partial charge in [-0.3, -0.25) is 4.79 Å². The molecule has 1 N–H and O–H groups in total. The van der Waals surface area contributed by atoms with Crippen LogP contribution in [0.15, 0.2) is 18.3 Å². The summed E-state index contributed by atoms with van der Waals surface area (Å²) in [6, 6.07) is 5.97. The van der Waals surface area contributed by atoms with E-state index in [-0.39, 0.29) is 11.9 Å². The Morgan fingerprint density at radius 3 is 3.24 bits per heavy atom. The first-order valence-corrected chi connectivity index (χ1v) is 5.58. The van der Waals surface area contributed by atoms with E-state index in [9.17, 15) is 4.79 Å². The van der Waals surface area contributed by atoms with Crippen molar-refractivity contribution in [3.63, 3.8) is 0 Å². The largest absolute Gasteiger partial charge is 0.367 e. The molecule has 0 bridgehead atoms. The Bertz CT molecular complexity index is 466. The molecule has 0 saturated carbocycles. The monoisotopic (exact) mass is 230 g/mol. The molecule has 88 valence electrons. The SMILES string of the molecule is CC(=O)NC1CCN(c2cccnc2C#N)C1. The van der Waals surface area contributed by atoms with E-state index < -0.39 is 0 Å². The zero-order valence-corrected chi connectivity index (χ0v) is 9.68. The van der Waals surface area contributed by atoms with Gasteiger partial charge in [-0.25, -0.2) is 4.98 Å². The van der Waals surface area contributed by atoms with Gasteiger partial charge in [0.15, 0.2) is 5.69 Å². The number of amides is 1. The Balaban J connectivity index is 2.10. The van der Waals surface area contributed by atoms with E-state index in [4.69, 9.17) is 5.26 Å². The van der Waals surface area contributed by atoms with E-state index >= 15 is 0 Å². The van der Waals surface area contributed by atoms with Crippen LogP contribution in [0.3, 0.4) is 0 Å². The number of nitrogens with zero attached hydrogens (tertiary/aromatic N) is 3. The van der Waals surface area contributed by atoms with E-state index in [1.165, 1.54) is 6.92 Å². The van der Waals surface area contributed by atoms with Crippen LogP contribution < -0.4 is 10.2 Å². The van der Waals surface area contributed by atoms with Crippen molar-refractivity contribution in [1.82, 2.24) is 10.3 Å². The van der Waals surface area contributed by atoms with Gasteiger partial charge < -0.3 is 10.2 Å². The van der Waals surface area contributed by atoms with Crippen LogP contribution in [-0.4, -0.2) is 30.0 Å². The van der Waals surface area contributed by atoms with Crippen molar-refractivity contribution in [2.45, 2.75) is 19.4 Å². The molecular weight excluding hydrogens is 216 g/mol. The Morgan fingerprint density at radius 2 is 2.53 bits per heavy atom. The molecule has 5 nitrogen and oxygen atoms in total. The highest BCUT2D eigenvalue weighted by Crippen LogP contribution is 2.22. The second-order valence-electron chi connectivity index (χ2n) is 4.12. The normalized spacial score (nSPS) is 18.8. The van der Waals surface area contributed by atoms with E-state index in [1.54, 1.807) is 6.20 Å². The molecule has 1 aromatic rings. The molecule has 1 fully saturated rings. The minimum atomic E-state index is -0.0106. The van der Waals surface area contributed by atoms with Gasteiger partial charge in [0.1, 0.15) is 6.07 Å². The van der Waals surface area contributed by atoms with Crippen molar-refractivity contribution in [3.05, 3.63) is 24.0 Å². The quantitative estimate of drug-likeness (QED) is 0.810. The third kappa shape index (κ3) is 2.53. The number of carbonyl (C=O) groups is 1. The summed E-state index contributed by atoms with van der Waals surface area (Å²) in [5, 5.41) is 11.9. The summed E-state index contributed by atoms with van der Waals surface area (Å²) < 4.78 is 0. The highest BCUT2D eigenvalue weighted by Gasteiger charge is 2.24. The molecule has 1 saturated heterocycles. The summed E-state index contributed by atoms with van der Waals surface area (Å²) in [6.07, 6.45) is 2.52. The highest BCUT2D eigenvalue weighted by molar-refractivity contribution is 5.73. The minimum absolute atomic E-state index is 0.0106. The minimum Gasteiger partial charge on any atom is -0.367 e. The fourth-order valence-electron chi connectivity index (χ4n) is 2.12. The topological polar surface area (TPSA) is 69.0 Å². The molecule has 1 atom stereocenters. The van der Waals surface area contributed by atoms with Gasteiger partial charge in [-0.1, -0.05) is 0 Å². The van der Waals surface area contributed by atoms with Crippen LogP contribution in [0.1, 0.15) is 19.0 Å². The average molecular weight is 230 g/mol. The number of pyridine rings is 1. The van der Waals surface area contributed by atoms with Gasteiger partial charge >= 0.3 is 0 Å². The van der Waals surface area contributed by atoms with Crippen LogP contribution in [0.2, 0.25) is 0 Å². The van der Waals surface area contributed by atoms with Gasteiger partial charge in [0, 0.05) is 32.3 Å².